The molecule has 0 aliphatic carbocycles. The summed E-state index contributed by atoms with van der Waals surface area (Å²) in [5.41, 5.74) is 3.26. The van der Waals surface area contributed by atoms with Crippen molar-refractivity contribution in [2.45, 2.75) is 44.9 Å². The van der Waals surface area contributed by atoms with Gasteiger partial charge in [-0.05, 0) is 68.3 Å². The number of likely N-dealkylation sites (tertiary alicyclic amines) is 1. The number of para-hydroxylation sites is 1. The largest absolute Gasteiger partial charge is 0.383 e. The maximum atomic E-state index is 14.2. The second-order valence-electron chi connectivity index (χ2n) is 12.5. The van der Waals surface area contributed by atoms with E-state index in [9.17, 15) is 18.4 Å². The number of carbonyl (C=O) groups excluding carboxylic acids is 2. The van der Waals surface area contributed by atoms with Crippen LogP contribution in [0.5, 0.6) is 0 Å². The van der Waals surface area contributed by atoms with Crippen molar-refractivity contribution < 1.29 is 27.9 Å². The van der Waals surface area contributed by atoms with Crippen molar-refractivity contribution in [3.8, 4) is 16.9 Å². The van der Waals surface area contributed by atoms with E-state index in [1.807, 2.05) is 37.3 Å². The zero-order chi connectivity index (χ0) is 35.2. The minimum Gasteiger partial charge on any atom is -0.383 e. The van der Waals surface area contributed by atoms with E-state index in [4.69, 9.17) is 14.7 Å². The molecule has 0 spiro atoms. The van der Waals surface area contributed by atoms with E-state index in [1.165, 1.54) is 6.07 Å². The molecule has 2 atom stereocenters. The topological polar surface area (TPSA) is 126 Å². The van der Waals surface area contributed by atoms with Crippen molar-refractivity contribution in [3.63, 3.8) is 0 Å². The van der Waals surface area contributed by atoms with Gasteiger partial charge in [-0.3, -0.25) is 19.9 Å². The van der Waals surface area contributed by atoms with Crippen LogP contribution in [-0.2, 0) is 9.57 Å². The van der Waals surface area contributed by atoms with Gasteiger partial charge in [0.2, 0.25) is 0 Å². The number of methoxy groups -OCH3 is 1. The van der Waals surface area contributed by atoms with Crippen LogP contribution in [-0.4, -0.2) is 95.2 Å². The number of anilines is 1. The number of hydrogen-bond donors (Lipinski definition) is 3. The minimum atomic E-state index is -1.01. The lowest BCUT2D eigenvalue weighted by molar-refractivity contribution is -0.154. The number of pyridine rings is 1. The molecule has 2 aliphatic heterocycles. The molecule has 2 aromatic carbocycles. The molecule has 0 bridgehead atoms. The molecule has 2 aromatic heterocycles. The number of nitrogens with one attached hydrogen (secondary N) is 3. The third-order valence-corrected chi connectivity index (χ3v) is 9.15. The Morgan fingerprint density at radius 2 is 1.80 bits per heavy atom. The molecule has 4 heterocycles. The molecule has 3 amide bonds. The Bertz CT molecular complexity index is 1800. The molecule has 3 N–H and O–H groups in total. The third kappa shape index (κ3) is 7.99. The average molecular weight is 689 g/mol. The van der Waals surface area contributed by atoms with Crippen LogP contribution in [0.4, 0.5) is 19.4 Å². The number of piperidine rings is 1. The lowest BCUT2D eigenvalue weighted by Gasteiger charge is -2.31. The fourth-order valence-corrected chi connectivity index (χ4v) is 6.37. The first kappa shape index (κ1) is 35.1. The first-order valence-electron chi connectivity index (χ1n) is 16.8. The molecule has 6 rings (SSSR count). The maximum absolute atomic E-state index is 14.2. The number of halogens is 2. The van der Waals surface area contributed by atoms with Crippen LogP contribution in [0.2, 0.25) is 0 Å². The lowest BCUT2D eigenvalue weighted by atomic mass is 10.0. The predicted molar refractivity (Wildman–Crippen MR) is 184 cm³/mol. The predicted octanol–water partition coefficient (Wildman–Crippen LogP) is 4.86. The van der Waals surface area contributed by atoms with Crippen LogP contribution in [0.1, 0.15) is 47.5 Å². The van der Waals surface area contributed by atoms with E-state index < -0.39 is 29.8 Å². The smallest absolute Gasteiger partial charge is 0.320 e. The van der Waals surface area contributed by atoms with Gasteiger partial charge in [0.1, 0.15) is 17.6 Å². The van der Waals surface area contributed by atoms with Gasteiger partial charge in [-0.2, -0.15) is 10.2 Å². The average Bonchev–Trinajstić information content (AvgIpc) is 3.69. The Balaban J connectivity index is 1.24. The fraction of sp³-hybridized carbons (Fsp3) is 0.389. The molecule has 50 heavy (non-hydrogen) atoms. The van der Waals surface area contributed by atoms with Crippen molar-refractivity contribution in [1.29, 1.82) is 0 Å². The number of hydrogen-bond acceptors (Lipinski definition) is 8. The van der Waals surface area contributed by atoms with Gasteiger partial charge in [0.25, 0.3) is 5.91 Å². The number of nitrogens with zero attached hydrogens (tertiary/aromatic N) is 5. The Hall–Kier alpha value is -4.76. The highest BCUT2D eigenvalue weighted by atomic mass is 19.2. The van der Waals surface area contributed by atoms with Crippen LogP contribution in [0, 0.1) is 18.6 Å². The third-order valence-electron chi connectivity index (χ3n) is 9.15. The molecule has 2 aliphatic rings. The van der Waals surface area contributed by atoms with Crippen molar-refractivity contribution in [3.05, 3.63) is 95.3 Å². The SMILES string of the molecule is CCN1CCC(NC(=O)c2cc(-c3nn(-c4ccccc4)c(NC(=O)N[C@@H]4CN(CCOC)O[C@H]4c4ccc(F)c(F)c4)c3C)ccn2)CC1. The van der Waals surface area contributed by atoms with Crippen LogP contribution < -0.4 is 16.0 Å². The van der Waals surface area contributed by atoms with Gasteiger partial charge in [-0.15, -0.1) is 0 Å². The van der Waals surface area contributed by atoms with E-state index in [-0.39, 0.29) is 24.2 Å². The Morgan fingerprint density at radius 3 is 2.52 bits per heavy atom. The first-order chi connectivity index (χ1) is 24.2. The number of ether oxygens (including phenoxy) is 1. The highest BCUT2D eigenvalue weighted by Gasteiger charge is 2.37. The number of aromatic nitrogens is 3. The lowest BCUT2D eigenvalue weighted by Crippen LogP contribution is -2.44. The second-order valence-corrected chi connectivity index (χ2v) is 12.5. The first-order valence-corrected chi connectivity index (χ1v) is 16.8. The van der Waals surface area contributed by atoms with Crippen LogP contribution in [0.25, 0.3) is 16.9 Å². The number of benzene rings is 2. The highest BCUT2D eigenvalue weighted by molar-refractivity contribution is 5.94. The van der Waals surface area contributed by atoms with Gasteiger partial charge in [0.05, 0.1) is 24.0 Å². The van der Waals surface area contributed by atoms with E-state index in [2.05, 4.69) is 32.8 Å². The zero-order valence-corrected chi connectivity index (χ0v) is 28.4. The number of rotatable bonds is 11. The maximum Gasteiger partial charge on any atom is 0.320 e. The molecule has 264 valence electrons. The molecule has 12 nitrogen and oxygen atoms in total. The quantitative estimate of drug-likeness (QED) is 0.204. The highest BCUT2D eigenvalue weighted by Crippen LogP contribution is 2.33. The molecule has 0 saturated carbocycles. The van der Waals surface area contributed by atoms with E-state index in [1.54, 1.807) is 35.2 Å². The van der Waals surface area contributed by atoms with E-state index in [0.717, 1.165) is 44.6 Å². The van der Waals surface area contributed by atoms with Crippen molar-refractivity contribution >= 4 is 17.8 Å². The second kappa shape index (κ2) is 15.9. The number of amides is 3. The summed E-state index contributed by atoms with van der Waals surface area (Å²) in [5.74, 6) is -1.81. The normalized spacial score (nSPS) is 18.7. The number of urea groups is 1. The standard InChI is InChI=1S/C36H42F2N8O4/c1-4-44-16-13-26(14-17-44)40-35(47)30-21-24(12-15-39-30)32-23(2)34(46(43-32)27-8-6-5-7-9-27)42-36(48)41-31-22-45(18-19-49-3)50-33(31)25-10-11-28(37)29(38)20-25/h5-12,15,20-21,26,31,33H,4,13-14,16-19,22H2,1-3H3,(H,40,47)(H2,41,42,48)/t31-,33+/m1/s1. The van der Waals surface area contributed by atoms with E-state index in [0.29, 0.717) is 47.0 Å². The summed E-state index contributed by atoms with van der Waals surface area (Å²) >= 11 is 0. The fourth-order valence-electron chi connectivity index (χ4n) is 6.37. The Morgan fingerprint density at radius 1 is 1.02 bits per heavy atom. The van der Waals surface area contributed by atoms with Gasteiger partial charge >= 0.3 is 6.03 Å². The summed E-state index contributed by atoms with van der Waals surface area (Å²) in [6.07, 6.45) is 2.58. The number of carbonyl (C=O) groups is 2. The summed E-state index contributed by atoms with van der Waals surface area (Å²) in [6, 6.07) is 15.3. The van der Waals surface area contributed by atoms with Gasteiger partial charge in [0, 0.05) is 56.7 Å². The van der Waals surface area contributed by atoms with Crippen molar-refractivity contribution in [1.82, 2.24) is 35.4 Å². The molecular formula is C36H42F2N8O4. The summed E-state index contributed by atoms with van der Waals surface area (Å²) < 4.78 is 34.8. The van der Waals surface area contributed by atoms with Crippen molar-refractivity contribution in [2.75, 3.05) is 51.8 Å². The van der Waals surface area contributed by atoms with E-state index >= 15 is 0 Å². The van der Waals surface area contributed by atoms with Gasteiger partial charge < -0.3 is 20.3 Å². The number of hydroxylamine groups is 2. The van der Waals surface area contributed by atoms with Gasteiger partial charge in [0.15, 0.2) is 11.6 Å². The summed E-state index contributed by atoms with van der Waals surface area (Å²) in [4.78, 5) is 39.7. The molecular weight excluding hydrogens is 646 g/mol. The summed E-state index contributed by atoms with van der Waals surface area (Å²) in [6.45, 7) is 7.93. The minimum absolute atomic E-state index is 0.0862. The molecule has 14 heteroatoms. The molecule has 0 unspecified atom stereocenters. The Kier molecular flexibility index (Phi) is 11.1. The Labute approximate surface area is 289 Å². The molecule has 2 fully saturated rings. The molecule has 4 aromatic rings. The van der Waals surface area contributed by atoms with Gasteiger partial charge in [-0.1, -0.05) is 31.2 Å². The monoisotopic (exact) mass is 688 g/mol. The van der Waals surface area contributed by atoms with Gasteiger partial charge in [-0.25, -0.2) is 18.3 Å². The summed E-state index contributed by atoms with van der Waals surface area (Å²) in [5, 5.41) is 15.6. The summed E-state index contributed by atoms with van der Waals surface area (Å²) in [7, 11) is 1.57. The van der Waals surface area contributed by atoms with Crippen LogP contribution >= 0.6 is 0 Å². The van der Waals surface area contributed by atoms with Crippen molar-refractivity contribution in [2.24, 2.45) is 0 Å². The molecule has 2 saturated heterocycles. The van der Waals surface area contributed by atoms with Crippen LogP contribution in [0.3, 0.4) is 0 Å². The molecule has 0 radical (unpaired) electrons. The van der Waals surface area contributed by atoms with Crippen LogP contribution in [0.15, 0.2) is 66.9 Å². The zero-order valence-electron chi connectivity index (χ0n) is 28.4.